The van der Waals surface area contributed by atoms with Gasteiger partial charge >= 0.3 is 6.09 Å². The summed E-state index contributed by atoms with van der Waals surface area (Å²) in [7, 11) is -1.85. The van der Waals surface area contributed by atoms with Crippen LogP contribution in [0, 0.1) is 0 Å². The van der Waals surface area contributed by atoms with Crippen LogP contribution in [0.1, 0.15) is 91.4 Å². The molecule has 0 unspecified atom stereocenters. The molecule has 1 atom stereocenters. The molecular formula is C31H46N2O5Si. The number of amides is 1. The Bertz CT molecular complexity index is 1190. The molecule has 7 nitrogen and oxygen atoms in total. The minimum atomic E-state index is -1.85. The first-order valence-corrected chi connectivity index (χ1v) is 16.8. The van der Waals surface area contributed by atoms with E-state index in [1.54, 1.807) is 0 Å². The van der Waals surface area contributed by atoms with E-state index < -0.39 is 25.6 Å². The number of carbonyl (C=O) groups excluding carboxylic acids is 2. The maximum atomic E-state index is 12.2. The molecule has 1 aliphatic rings. The third-order valence-electron chi connectivity index (χ3n) is 7.82. The standard InChI is InChI=1S/C31H46N2O5Si/c1-22(32-28(35)37-29(2,3)4)26-13-12-24-11-10-23(20-27(24)33-26)14-17-31(36-21-34)18-15-25(16-19-31)38-39(8,9)30(5,6)7/h10-14,17,20-22,25H,15-16,18-19H2,1-9H3,(H,32,35)/t22-,25?,31?/m1/s1. The van der Waals surface area contributed by atoms with Gasteiger partial charge in [-0.1, -0.05) is 45.0 Å². The van der Waals surface area contributed by atoms with Crippen molar-refractivity contribution in [2.75, 3.05) is 0 Å². The molecule has 0 saturated heterocycles. The van der Waals surface area contributed by atoms with Gasteiger partial charge in [0.1, 0.15) is 11.2 Å². The van der Waals surface area contributed by atoms with E-state index in [9.17, 15) is 9.59 Å². The average Bonchev–Trinajstić information content (AvgIpc) is 2.82. The van der Waals surface area contributed by atoms with Gasteiger partial charge < -0.3 is 19.2 Å². The molecule has 0 spiro atoms. The Kier molecular flexibility index (Phi) is 9.33. The number of carbonyl (C=O) groups is 2. The highest BCUT2D eigenvalue weighted by Gasteiger charge is 2.42. The topological polar surface area (TPSA) is 86.8 Å². The summed E-state index contributed by atoms with van der Waals surface area (Å²) in [5.41, 5.74) is 1.34. The van der Waals surface area contributed by atoms with Crippen molar-refractivity contribution in [3.8, 4) is 0 Å². The predicted octanol–water partition coefficient (Wildman–Crippen LogP) is 7.71. The highest BCUT2D eigenvalue weighted by Crippen LogP contribution is 2.41. The molecule has 39 heavy (non-hydrogen) atoms. The number of alkyl carbamates (subject to hydrolysis) is 1. The summed E-state index contributed by atoms with van der Waals surface area (Å²) in [5, 5.41) is 4.01. The number of aromatic nitrogens is 1. The zero-order valence-electron chi connectivity index (χ0n) is 25.1. The van der Waals surface area contributed by atoms with E-state index in [1.165, 1.54) is 0 Å². The molecular weight excluding hydrogens is 508 g/mol. The smallest absolute Gasteiger partial charge is 0.408 e. The first-order valence-electron chi connectivity index (χ1n) is 13.9. The first-order chi connectivity index (χ1) is 18.0. The van der Waals surface area contributed by atoms with E-state index in [-0.39, 0.29) is 17.2 Å². The molecule has 1 N–H and O–H groups in total. The van der Waals surface area contributed by atoms with Crippen LogP contribution in [0.3, 0.4) is 0 Å². The second-order valence-corrected chi connectivity index (χ2v) is 18.0. The van der Waals surface area contributed by atoms with Gasteiger partial charge in [0.2, 0.25) is 0 Å². The molecule has 1 fully saturated rings. The van der Waals surface area contributed by atoms with Crippen molar-refractivity contribution in [2.45, 2.75) is 116 Å². The minimum Gasteiger partial charge on any atom is -0.457 e. The third kappa shape index (κ3) is 8.38. The zero-order chi connectivity index (χ0) is 29.1. The van der Waals surface area contributed by atoms with Crippen LogP contribution in [0.15, 0.2) is 36.4 Å². The largest absolute Gasteiger partial charge is 0.457 e. The second kappa shape index (κ2) is 11.8. The number of pyridine rings is 1. The molecule has 1 aliphatic carbocycles. The van der Waals surface area contributed by atoms with Crippen LogP contribution >= 0.6 is 0 Å². The van der Waals surface area contributed by atoms with Crippen LogP contribution in [-0.4, -0.2) is 43.2 Å². The Morgan fingerprint density at radius 1 is 1.10 bits per heavy atom. The number of nitrogens with zero attached hydrogens (tertiary/aromatic N) is 1. The minimum absolute atomic E-state index is 0.161. The lowest BCUT2D eigenvalue weighted by Crippen LogP contribution is -2.46. The van der Waals surface area contributed by atoms with Gasteiger partial charge in [-0.05, 0) is 95.3 Å². The van der Waals surface area contributed by atoms with Crippen molar-refractivity contribution in [1.82, 2.24) is 10.3 Å². The van der Waals surface area contributed by atoms with Gasteiger partial charge in [0, 0.05) is 11.5 Å². The number of benzene rings is 1. The van der Waals surface area contributed by atoms with Gasteiger partial charge in [0.05, 0.1) is 17.3 Å². The lowest BCUT2D eigenvalue weighted by molar-refractivity contribution is -0.143. The molecule has 8 heteroatoms. The third-order valence-corrected chi connectivity index (χ3v) is 12.4. The SMILES string of the molecule is C[C@@H](NC(=O)OC(C)(C)C)c1ccc2ccc(C=CC3(OC=O)CCC(O[Si](C)(C)C(C)(C)C)CC3)cc2n1. The lowest BCUT2D eigenvalue weighted by Gasteiger charge is -2.43. The average molecular weight is 555 g/mol. The number of rotatable bonds is 8. The van der Waals surface area contributed by atoms with Crippen LogP contribution < -0.4 is 5.32 Å². The molecule has 0 bridgehead atoms. The van der Waals surface area contributed by atoms with E-state index in [0.717, 1.165) is 47.8 Å². The van der Waals surface area contributed by atoms with Gasteiger partial charge in [-0.3, -0.25) is 9.78 Å². The highest BCUT2D eigenvalue weighted by molar-refractivity contribution is 6.74. The normalized spacial score (nSPS) is 21.5. The van der Waals surface area contributed by atoms with Crippen molar-refractivity contribution in [2.24, 2.45) is 0 Å². The summed E-state index contributed by atoms with van der Waals surface area (Å²) >= 11 is 0. The van der Waals surface area contributed by atoms with Gasteiger partial charge in [-0.2, -0.15) is 0 Å². The fourth-order valence-electron chi connectivity index (χ4n) is 4.51. The van der Waals surface area contributed by atoms with Crippen LogP contribution in [0.25, 0.3) is 17.0 Å². The van der Waals surface area contributed by atoms with Crippen LogP contribution in [0.4, 0.5) is 4.79 Å². The molecule has 3 rings (SSSR count). The molecule has 1 amide bonds. The van der Waals surface area contributed by atoms with Gasteiger partial charge in [-0.25, -0.2) is 4.79 Å². The number of hydrogen-bond acceptors (Lipinski definition) is 6. The molecule has 0 radical (unpaired) electrons. The van der Waals surface area contributed by atoms with Crippen molar-refractivity contribution in [3.63, 3.8) is 0 Å². The van der Waals surface area contributed by atoms with E-state index in [1.807, 2.05) is 70.2 Å². The lowest BCUT2D eigenvalue weighted by atomic mass is 9.82. The maximum Gasteiger partial charge on any atom is 0.408 e. The molecule has 1 heterocycles. The fourth-order valence-corrected chi connectivity index (χ4v) is 5.93. The van der Waals surface area contributed by atoms with Crippen molar-refractivity contribution in [1.29, 1.82) is 0 Å². The first kappa shape index (κ1) is 30.8. The van der Waals surface area contributed by atoms with E-state index in [2.05, 4.69) is 39.2 Å². The summed E-state index contributed by atoms with van der Waals surface area (Å²) in [6.45, 7) is 19.3. The summed E-state index contributed by atoms with van der Waals surface area (Å²) in [6, 6.07) is 9.67. The Morgan fingerprint density at radius 3 is 2.33 bits per heavy atom. The van der Waals surface area contributed by atoms with Crippen LogP contribution in [0.2, 0.25) is 18.1 Å². The van der Waals surface area contributed by atoms with Gasteiger partial charge in [0.15, 0.2) is 8.32 Å². The summed E-state index contributed by atoms with van der Waals surface area (Å²) in [6.07, 6.45) is 6.92. The molecule has 2 aromatic rings. The van der Waals surface area contributed by atoms with Crippen LogP contribution in [-0.2, 0) is 18.7 Å². The molecule has 1 aromatic carbocycles. The molecule has 214 valence electrons. The highest BCUT2D eigenvalue weighted by atomic mass is 28.4. The number of fused-ring (bicyclic) bond motifs is 1. The number of hydrogen-bond donors (Lipinski definition) is 1. The fraction of sp³-hybridized carbons (Fsp3) is 0.581. The Hall–Kier alpha value is -2.71. The van der Waals surface area contributed by atoms with Gasteiger partial charge in [-0.15, -0.1) is 0 Å². The van der Waals surface area contributed by atoms with Crippen molar-refractivity contribution < 1.29 is 23.5 Å². The van der Waals surface area contributed by atoms with E-state index >= 15 is 0 Å². The zero-order valence-corrected chi connectivity index (χ0v) is 26.1. The molecule has 0 aliphatic heterocycles. The van der Waals surface area contributed by atoms with Crippen molar-refractivity contribution >= 4 is 37.9 Å². The number of ether oxygens (including phenoxy) is 2. The quantitative estimate of drug-likeness (QED) is 0.266. The monoisotopic (exact) mass is 554 g/mol. The maximum absolute atomic E-state index is 12.2. The molecule has 1 aromatic heterocycles. The Labute approximate surface area is 234 Å². The van der Waals surface area contributed by atoms with Crippen molar-refractivity contribution in [3.05, 3.63) is 47.7 Å². The van der Waals surface area contributed by atoms with E-state index in [4.69, 9.17) is 18.9 Å². The van der Waals surface area contributed by atoms with Gasteiger partial charge in [0.25, 0.3) is 6.47 Å². The Morgan fingerprint density at radius 2 is 1.74 bits per heavy atom. The summed E-state index contributed by atoms with van der Waals surface area (Å²) in [4.78, 5) is 28.4. The Balaban J connectivity index is 1.73. The number of nitrogens with one attached hydrogen (secondary N) is 1. The predicted molar refractivity (Wildman–Crippen MR) is 159 cm³/mol. The summed E-state index contributed by atoms with van der Waals surface area (Å²) < 4.78 is 17.7. The summed E-state index contributed by atoms with van der Waals surface area (Å²) in [5.74, 6) is 0. The molecule has 1 saturated carbocycles. The second-order valence-electron chi connectivity index (χ2n) is 13.2. The van der Waals surface area contributed by atoms with E-state index in [0.29, 0.717) is 6.47 Å². The van der Waals surface area contributed by atoms with Crippen LogP contribution in [0.5, 0.6) is 0 Å².